The summed E-state index contributed by atoms with van der Waals surface area (Å²) < 4.78 is 36.9. The smallest absolute Gasteiger partial charge is 0.318 e. The number of Topliss-reactive ketones (excluding diaryl/α,β-unsaturated/α-hetero) is 1. The molecule has 0 atom stereocenters. The number of sulfonamides is 1. The third-order valence-corrected chi connectivity index (χ3v) is 7.82. The molecule has 0 spiro atoms. The van der Waals surface area contributed by atoms with Crippen molar-refractivity contribution in [2.75, 3.05) is 27.8 Å². The zero-order chi connectivity index (χ0) is 25.0. The summed E-state index contributed by atoms with van der Waals surface area (Å²) in [6.07, 6.45) is 0. The summed E-state index contributed by atoms with van der Waals surface area (Å²) in [6.45, 7) is 3.24. The SMILES string of the molecule is C=C(C(=O)c1c(OC)ccc(-c2cccs2)c1OC)c1ccc(S(=O)(=O)N(C)CC(=O)O)cc1. The van der Waals surface area contributed by atoms with Crippen LogP contribution in [0.5, 0.6) is 11.5 Å². The number of likely N-dealkylation sites (N-methyl/N-ethyl adjacent to an activating group) is 1. The number of benzene rings is 2. The molecule has 0 aliphatic heterocycles. The quantitative estimate of drug-likeness (QED) is 0.330. The minimum Gasteiger partial charge on any atom is -0.496 e. The van der Waals surface area contributed by atoms with Crippen molar-refractivity contribution in [1.82, 2.24) is 4.31 Å². The first-order chi connectivity index (χ1) is 16.1. The number of ether oxygens (including phenoxy) is 2. The van der Waals surface area contributed by atoms with Crippen molar-refractivity contribution in [3.8, 4) is 21.9 Å². The number of carboxylic acid groups (broad SMARTS) is 1. The van der Waals surface area contributed by atoms with Gasteiger partial charge in [-0.25, -0.2) is 8.42 Å². The van der Waals surface area contributed by atoms with Gasteiger partial charge in [0.2, 0.25) is 15.8 Å². The molecule has 1 aromatic heterocycles. The number of carbonyl (C=O) groups is 2. The monoisotopic (exact) mass is 501 g/mol. The van der Waals surface area contributed by atoms with Gasteiger partial charge in [0.15, 0.2) is 0 Å². The maximum atomic E-state index is 13.5. The summed E-state index contributed by atoms with van der Waals surface area (Å²) in [5.74, 6) is -1.04. The first kappa shape index (κ1) is 25.2. The van der Waals surface area contributed by atoms with Crippen molar-refractivity contribution < 1.29 is 32.6 Å². The molecule has 0 fully saturated rings. The van der Waals surface area contributed by atoms with Gasteiger partial charge in [0.25, 0.3) is 0 Å². The van der Waals surface area contributed by atoms with E-state index in [-0.39, 0.29) is 16.0 Å². The summed E-state index contributed by atoms with van der Waals surface area (Å²) in [6, 6.07) is 12.8. The lowest BCUT2D eigenvalue weighted by Crippen LogP contribution is -2.32. The fourth-order valence-electron chi connectivity index (χ4n) is 3.35. The summed E-state index contributed by atoms with van der Waals surface area (Å²) in [4.78, 5) is 25.2. The number of carboxylic acids is 1. The van der Waals surface area contributed by atoms with Crippen LogP contribution in [0.25, 0.3) is 16.0 Å². The Balaban J connectivity index is 1.98. The van der Waals surface area contributed by atoms with E-state index in [4.69, 9.17) is 14.6 Å². The molecule has 0 saturated carbocycles. The summed E-state index contributed by atoms with van der Waals surface area (Å²) >= 11 is 1.50. The molecule has 0 radical (unpaired) electrons. The van der Waals surface area contributed by atoms with Gasteiger partial charge in [-0.15, -0.1) is 11.3 Å². The minimum atomic E-state index is -4.00. The van der Waals surface area contributed by atoms with E-state index in [9.17, 15) is 18.0 Å². The predicted octanol–water partition coefficient (Wildman–Crippen LogP) is 4.03. The van der Waals surface area contributed by atoms with Crippen LogP contribution in [-0.2, 0) is 14.8 Å². The maximum absolute atomic E-state index is 13.5. The minimum absolute atomic E-state index is 0.102. The number of nitrogens with zero attached hydrogens (tertiary/aromatic N) is 1. The van der Waals surface area contributed by atoms with Crippen LogP contribution in [0.3, 0.4) is 0 Å². The van der Waals surface area contributed by atoms with Gasteiger partial charge in [0, 0.05) is 23.1 Å². The normalized spacial score (nSPS) is 11.3. The Hall–Kier alpha value is -3.47. The third kappa shape index (κ3) is 4.89. The Labute approximate surface area is 201 Å². The number of ketones is 1. The lowest BCUT2D eigenvalue weighted by molar-refractivity contribution is -0.137. The molecule has 34 heavy (non-hydrogen) atoms. The van der Waals surface area contributed by atoms with Crippen LogP contribution in [0.15, 0.2) is 65.4 Å². The molecule has 178 valence electrons. The maximum Gasteiger partial charge on any atom is 0.318 e. The first-order valence-corrected chi connectivity index (χ1v) is 12.2. The zero-order valence-corrected chi connectivity index (χ0v) is 20.4. The van der Waals surface area contributed by atoms with Crippen LogP contribution in [0.2, 0.25) is 0 Å². The fraction of sp³-hybridized carbons (Fsp3) is 0.167. The molecule has 0 bridgehead atoms. The number of hydrogen-bond acceptors (Lipinski definition) is 7. The van der Waals surface area contributed by atoms with Crippen LogP contribution >= 0.6 is 11.3 Å². The summed E-state index contributed by atoms with van der Waals surface area (Å²) in [5, 5.41) is 10.8. The van der Waals surface area contributed by atoms with Gasteiger partial charge in [-0.3, -0.25) is 9.59 Å². The van der Waals surface area contributed by atoms with Gasteiger partial charge in [0.1, 0.15) is 23.6 Å². The van der Waals surface area contributed by atoms with Crippen molar-refractivity contribution in [2.45, 2.75) is 4.90 Å². The number of aliphatic carboxylic acids is 1. The van der Waals surface area contributed by atoms with Crippen LogP contribution < -0.4 is 9.47 Å². The lowest BCUT2D eigenvalue weighted by Gasteiger charge is -2.17. The summed E-state index contributed by atoms with van der Waals surface area (Å²) in [5.41, 5.74) is 1.45. The highest BCUT2D eigenvalue weighted by Gasteiger charge is 2.26. The second-order valence-corrected chi connectivity index (χ2v) is 10.2. The van der Waals surface area contributed by atoms with Gasteiger partial charge >= 0.3 is 5.97 Å². The van der Waals surface area contributed by atoms with Gasteiger partial charge < -0.3 is 14.6 Å². The average molecular weight is 502 g/mol. The van der Waals surface area contributed by atoms with Crippen molar-refractivity contribution in [1.29, 1.82) is 0 Å². The Bertz CT molecular complexity index is 1330. The molecule has 0 aliphatic rings. The summed E-state index contributed by atoms with van der Waals surface area (Å²) in [7, 11) is 0.0993. The second-order valence-electron chi connectivity index (χ2n) is 7.19. The van der Waals surface area contributed by atoms with E-state index < -0.39 is 28.3 Å². The van der Waals surface area contributed by atoms with Crippen LogP contribution in [-0.4, -0.2) is 57.4 Å². The molecule has 0 unspecified atom stereocenters. The largest absolute Gasteiger partial charge is 0.496 e. The predicted molar refractivity (Wildman–Crippen MR) is 130 cm³/mol. The van der Waals surface area contributed by atoms with E-state index in [0.29, 0.717) is 17.1 Å². The Kier molecular flexibility index (Phi) is 7.55. The molecule has 1 N–H and O–H groups in total. The van der Waals surface area contributed by atoms with Gasteiger partial charge in [0.05, 0.1) is 19.1 Å². The van der Waals surface area contributed by atoms with Crippen molar-refractivity contribution >= 4 is 38.7 Å². The highest BCUT2D eigenvalue weighted by Crippen LogP contribution is 2.41. The van der Waals surface area contributed by atoms with Crippen molar-refractivity contribution in [3.05, 3.63) is 71.6 Å². The first-order valence-electron chi connectivity index (χ1n) is 9.92. The molecule has 0 amide bonds. The van der Waals surface area contributed by atoms with E-state index >= 15 is 0 Å². The van der Waals surface area contributed by atoms with Crippen molar-refractivity contribution in [2.24, 2.45) is 0 Å². The van der Waals surface area contributed by atoms with E-state index in [1.165, 1.54) is 56.9 Å². The highest BCUT2D eigenvalue weighted by atomic mass is 32.2. The molecule has 1 heterocycles. The van der Waals surface area contributed by atoms with Gasteiger partial charge in [-0.1, -0.05) is 24.8 Å². The molecule has 10 heteroatoms. The number of rotatable bonds is 10. The van der Waals surface area contributed by atoms with Crippen LogP contribution in [0.4, 0.5) is 0 Å². The number of thiophene rings is 1. The van der Waals surface area contributed by atoms with Gasteiger partial charge in [-0.2, -0.15) is 4.31 Å². The molecule has 8 nitrogen and oxygen atoms in total. The van der Waals surface area contributed by atoms with Crippen LogP contribution in [0.1, 0.15) is 15.9 Å². The molecule has 0 saturated heterocycles. The van der Waals surface area contributed by atoms with Crippen molar-refractivity contribution in [3.63, 3.8) is 0 Å². The molecular formula is C24H23NO7S2. The van der Waals surface area contributed by atoms with Crippen LogP contribution in [0, 0.1) is 0 Å². The number of carbonyl (C=O) groups excluding carboxylic acids is 1. The average Bonchev–Trinajstić information content (AvgIpc) is 3.36. The highest BCUT2D eigenvalue weighted by molar-refractivity contribution is 7.89. The second kappa shape index (κ2) is 10.2. The standard InChI is InChI=1S/C24H23NO7S2/c1-15(16-7-9-17(10-8-16)34(29,30)25(2)14-21(26)27)23(28)22-19(31-3)12-11-18(24(22)32-4)20-6-5-13-33-20/h5-13H,1,14H2,2-4H3,(H,26,27). The zero-order valence-electron chi connectivity index (χ0n) is 18.8. The third-order valence-electron chi connectivity index (χ3n) is 5.10. The van der Waals surface area contributed by atoms with E-state index in [1.807, 2.05) is 23.6 Å². The number of methoxy groups -OCH3 is 2. The molecular weight excluding hydrogens is 478 g/mol. The van der Waals surface area contributed by atoms with E-state index in [2.05, 4.69) is 6.58 Å². The molecule has 3 rings (SSSR count). The van der Waals surface area contributed by atoms with E-state index in [1.54, 1.807) is 6.07 Å². The molecule has 3 aromatic rings. The lowest BCUT2D eigenvalue weighted by atomic mass is 9.95. The molecule has 0 aliphatic carbocycles. The Morgan fingerprint density at radius 2 is 1.74 bits per heavy atom. The molecule has 2 aromatic carbocycles. The topological polar surface area (TPSA) is 110 Å². The fourth-order valence-corrected chi connectivity index (χ4v) is 5.22. The number of hydrogen-bond donors (Lipinski definition) is 1. The van der Waals surface area contributed by atoms with E-state index in [0.717, 1.165) is 14.7 Å². The number of allylic oxidation sites excluding steroid dienone is 1. The van der Waals surface area contributed by atoms with Gasteiger partial charge in [-0.05, 0) is 41.3 Å². The Morgan fingerprint density at radius 1 is 1.06 bits per heavy atom. The Morgan fingerprint density at radius 3 is 2.26 bits per heavy atom.